The number of ether oxygens (including phenoxy) is 2. The molecule has 1 heterocycles. The van der Waals surface area contributed by atoms with Crippen LogP contribution < -0.4 is 19.7 Å². The third-order valence-electron chi connectivity index (χ3n) is 4.23. The Morgan fingerprint density at radius 3 is 2.69 bits per heavy atom. The van der Waals surface area contributed by atoms with Crippen molar-refractivity contribution in [2.75, 3.05) is 32.7 Å². The lowest BCUT2D eigenvalue weighted by atomic mass is 10.0. The smallest absolute Gasteiger partial charge is 0.258 e. The molecule has 0 unspecified atom stereocenters. The molecule has 1 aliphatic rings. The Labute approximate surface area is 152 Å². The van der Waals surface area contributed by atoms with Crippen molar-refractivity contribution in [3.63, 3.8) is 0 Å². The molecule has 2 amide bonds. The SMILES string of the molecule is CNC(=O)COc1ccc(C=C2C(=O)N(C)c3ccccc32)cc1OC. The van der Waals surface area contributed by atoms with E-state index in [9.17, 15) is 9.59 Å². The zero-order valence-electron chi connectivity index (χ0n) is 14.9. The van der Waals surface area contributed by atoms with E-state index in [4.69, 9.17) is 9.47 Å². The van der Waals surface area contributed by atoms with Gasteiger partial charge < -0.3 is 19.7 Å². The summed E-state index contributed by atoms with van der Waals surface area (Å²) >= 11 is 0. The lowest BCUT2D eigenvalue weighted by Crippen LogP contribution is -2.24. The molecule has 134 valence electrons. The molecule has 0 bridgehead atoms. The average Bonchev–Trinajstić information content (AvgIpc) is 2.91. The molecule has 1 aliphatic heterocycles. The summed E-state index contributed by atoms with van der Waals surface area (Å²) in [6.07, 6.45) is 1.83. The summed E-state index contributed by atoms with van der Waals surface area (Å²) in [5.74, 6) is 0.684. The van der Waals surface area contributed by atoms with E-state index in [0.29, 0.717) is 17.1 Å². The van der Waals surface area contributed by atoms with Gasteiger partial charge in [0.25, 0.3) is 11.8 Å². The zero-order chi connectivity index (χ0) is 18.7. The van der Waals surface area contributed by atoms with E-state index < -0.39 is 0 Å². The van der Waals surface area contributed by atoms with Gasteiger partial charge in [-0.3, -0.25) is 9.59 Å². The Morgan fingerprint density at radius 2 is 1.96 bits per heavy atom. The third kappa shape index (κ3) is 3.26. The molecule has 0 radical (unpaired) electrons. The largest absolute Gasteiger partial charge is 0.493 e. The molecular formula is C20H20N2O4. The number of fused-ring (bicyclic) bond motifs is 1. The number of methoxy groups -OCH3 is 1. The monoisotopic (exact) mass is 352 g/mol. The van der Waals surface area contributed by atoms with Gasteiger partial charge >= 0.3 is 0 Å². The molecule has 0 fully saturated rings. The molecule has 1 N–H and O–H groups in total. The van der Waals surface area contributed by atoms with Gasteiger partial charge in [-0.25, -0.2) is 0 Å². The van der Waals surface area contributed by atoms with Crippen LogP contribution in [0.3, 0.4) is 0 Å². The predicted molar refractivity (Wildman–Crippen MR) is 100 cm³/mol. The first-order valence-electron chi connectivity index (χ1n) is 8.15. The van der Waals surface area contributed by atoms with E-state index in [0.717, 1.165) is 16.8 Å². The lowest BCUT2D eigenvalue weighted by Gasteiger charge is -2.11. The Bertz CT molecular complexity index is 889. The molecule has 2 aromatic carbocycles. The van der Waals surface area contributed by atoms with E-state index in [1.54, 1.807) is 31.1 Å². The van der Waals surface area contributed by atoms with Crippen molar-refractivity contribution >= 4 is 29.2 Å². The van der Waals surface area contributed by atoms with Crippen molar-refractivity contribution in [1.82, 2.24) is 5.32 Å². The Hall–Kier alpha value is -3.28. The quantitative estimate of drug-likeness (QED) is 0.839. The van der Waals surface area contributed by atoms with Crippen LogP contribution in [-0.4, -0.2) is 39.6 Å². The minimum atomic E-state index is -0.227. The number of para-hydroxylation sites is 1. The summed E-state index contributed by atoms with van der Waals surface area (Å²) in [4.78, 5) is 25.5. The van der Waals surface area contributed by atoms with Gasteiger partial charge in [-0.15, -0.1) is 0 Å². The number of rotatable bonds is 5. The van der Waals surface area contributed by atoms with Crippen molar-refractivity contribution in [2.45, 2.75) is 0 Å². The molecule has 0 saturated carbocycles. The third-order valence-corrected chi connectivity index (χ3v) is 4.23. The highest BCUT2D eigenvalue weighted by atomic mass is 16.5. The summed E-state index contributed by atoms with van der Waals surface area (Å²) < 4.78 is 10.8. The highest BCUT2D eigenvalue weighted by Crippen LogP contribution is 2.37. The number of benzene rings is 2. The number of anilines is 1. The van der Waals surface area contributed by atoms with E-state index >= 15 is 0 Å². The zero-order valence-corrected chi connectivity index (χ0v) is 14.9. The molecule has 0 atom stereocenters. The molecule has 6 heteroatoms. The Balaban J connectivity index is 1.92. The highest BCUT2D eigenvalue weighted by Gasteiger charge is 2.29. The predicted octanol–water partition coefficient (Wildman–Crippen LogP) is 2.34. The van der Waals surface area contributed by atoms with Crippen LogP contribution in [0.1, 0.15) is 11.1 Å². The van der Waals surface area contributed by atoms with Gasteiger partial charge in [-0.2, -0.15) is 0 Å². The van der Waals surface area contributed by atoms with Crippen molar-refractivity contribution in [1.29, 1.82) is 0 Å². The maximum atomic E-state index is 12.6. The van der Waals surface area contributed by atoms with E-state index in [1.807, 2.05) is 36.4 Å². The molecule has 0 aliphatic carbocycles. The number of hydrogen-bond donors (Lipinski definition) is 1. The van der Waals surface area contributed by atoms with Crippen LogP contribution >= 0.6 is 0 Å². The minimum absolute atomic E-state index is 0.0508. The maximum Gasteiger partial charge on any atom is 0.258 e. The van der Waals surface area contributed by atoms with Gasteiger partial charge in [0, 0.05) is 25.2 Å². The van der Waals surface area contributed by atoms with Gasteiger partial charge in [0.2, 0.25) is 0 Å². The summed E-state index contributed by atoms with van der Waals surface area (Å²) in [5.41, 5.74) is 3.23. The molecule has 3 rings (SSSR count). The summed E-state index contributed by atoms with van der Waals surface area (Å²) in [6.45, 7) is -0.0933. The van der Waals surface area contributed by atoms with Crippen LogP contribution in [0.15, 0.2) is 42.5 Å². The second kappa shape index (κ2) is 7.31. The summed E-state index contributed by atoms with van der Waals surface area (Å²) in [7, 11) is 4.84. The van der Waals surface area contributed by atoms with Crippen LogP contribution in [-0.2, 0) is 9.59 Å². The number of amides is 2. The van der Waals surface area contributed by atoms with Gasteiger partial charge in [0.15, 0.2) is 18.1 Å². The Kier molecular flexibility index (Phi) is 4.93. The van der Waals surface area contributed by atoms with Gasteiger partial charge in [-0.05, 0) is 29.8 Å². The first kappa shape index (κ1) is 17.5. The standard InChI is InChI=1S/C20H20N2O4/c1-21-19(23)12-26-17-9-8-13(11-18(17)25-3)10-15-14-6-4-5-7-16(14)22(2)20(15)24/h4-11H,12H2,1-3H3,(H,21,23). The molecule has 6 nitrogen and oxygen atoms in total. The summed E-state index contributed by atoms with van der Waals surface area (Å²) in [5, 5.41) is 2.49. The first-order chi connectivity index (χ1) is 12.5. The number of nitrogens with one attached hydrogen (secondary N) is 1. The number of nitrogens with zero attached hydrogens (tertiary/aromatic N) is 1. The van der Waals surface area contributed by atoms with Crippen molar-refractivity contribution in [3.8, 4) is 11.5 Å². The number of hydrogen-bond acceptors (Lipinski definition) is 4. The van der Waals surface area contributed by atoms with E-state index in [2.05, 4.69) is 5.32 Å². The van der Waals surface area contributed by atoms with E-state index in [1.165, 1.54) is 7.11 Å². The maximum absolute atomic E-state index is 12.6. The fourth-order valence-corrected chi connectivity index (χ4v) is 2.81. The topological polar surface area (TPSA) is 67.9 Å². The van der Waals surface area contributed by atoms with Gasteiger partial charge in [0.1, 0.15) is 0 Å². The van der Waals surface area contributed by atoms with Crippen LogP contribution in [0.2, 0.25) is 0 Å². The fourth-order valence-electron chi connectivity index (χ4n) is 2.81. The average molecular weight is 352 g/mol. The minimum Gasteiger partial charge on any atom is -0.493 e. The van der Waals surface area contributed by atoms with Crippen LogP contribution in [0.4, 0.5) is 5.69 Å². The molecule has 0 aromatic heterocycles. The molecule has 0 saturated heterocycles. The van der Waals surface area contributed by atoms with Gasteiger partial charge in [-0.1, -0.05) is 24.3 Å². The second-order valence-electron chi connectivity index (χ2n) is 5.81. The second-order valence-corrected chi connectivity index (χ2v) is 5.81. The lowest BCUT2D eigenvalue weighted by molar-refractivity contribution is -0.122. The molecular weight excluding hydrogens is 332 g/mol. The summed E-state index contributed by atoms with van der Waals surface area (Å²) in [6, 6.07) is 13.0. The Morgan fingerprint density at radius 1 is 1.19 bits per heavy atom. The first-order valence-corrected chi connectivity index (χ1v) is 8.15. The van der Waals surface area contributed by atoms with Crippen molar-refractivity contribution in [3.05, 3.63) is 53.6 Å². The fraction of sp³-hybridized carbons (Fsp3) is 0.200. The number of carbonyl (C=O) groups is 2. The highest BCUT2D eigenvalue weighted by molar-refractivity contribution is 6.35. The van der Waals surface area contributed by atoms with Crippen molar-refractivity contribution < 1.29 is 19.1 Å². The molecule has 0 spiro atoms. The van der Waals surface area contributed by atoms with Crippen molar-refractivity contribution in [2.24, 2.45) is 0 Å². The van der Waals surface area contributed by atoms with Crippen LogP contribution in [0.25, 0.3) is 11.6 Å². The number of likely N-dealkylation sites (N-methyl/N-ethyl adjacent to an activating group) is 2. The number of carbonyl (C=O) groups excluding carboxylic acids is 2. The molecule has 26 heavy (non-hydrogen) atoms. The normalized spacial score (nSPS) is 14.3. The van der Waals surface area contributed by atoms with Crippen LogP contribution in [0.5, 0.6) is 11.5 Å². The molecule has 2 aromatic rings. The van der Waals surface area contributed by atoms with E-state index in [-0.39, 0.29) is 18.4 Å². The van der Waals surface area contributed by atoms with Crippen LogP contribution in [0, 0.1) is 0 Å². The van der Waals surface area contributed by atoms with Gasteiger partial charge in [0.05, 0.1) is 12.8 Å².